The number of benzene rings is 1. The molecule has 0 saturated carbocycles. The van der Waals surface area contributed by atoms with Gasteiger partial charge in [0, 0.05) is 18.7 Å². The Balaban J connectivity index is 2.80. The molecule has 25 heavy (non-hydrogen) atoms. The van der Waals surface area contributed by atoms with Crippen molar-refractivity contribution in [2.45, 2.75) is 58.6 Å². The third-order valence-corrected chi connectivity index (χ3v) is 4.05. The summed E-state index contributed by atoms with van der Waals surface area (Å²) in [7, 11) is 1.59. The lowest BCUT2D eigenvalue weighted by Crippen LogP contribution is -2.47. The Bertz CT molecular complexity index is 541. The maximum atomic E-state index is 10.7. The van der Waals surface area contributed by atoms with Gasteiger partial charge in [0.25, 0.3) is 0 Å². The van der Waals surface area contributed by atoms with E-state index >= 15 is 0 Å². The van der Waals surface area contributed by atoms with E-state index in [1.165, 1.54) is 0 Å². The maximum Gasteiger partial charge on any atom is 0.191 e. The smallest absolute Gasteiger partial charge is 0.191 e. The van der Waals surface area contributed by atoms with E-state index in [0.717, 1.165) is 32.2 Å². The van der Waals surface area contributed by atoms with Gasteiger partial charge in [-0.05, 0) is 38.0 Å². The molecule has 0 saturated heterocycles. The molecule has 142 valence electrons. The van der Waals surface area contributed by atoms with Gasteiger partial charge in [-0.1, -0.05) is 26.7 Å². The van der Waals surface area contributed by atoms with Gasteiger partial charge in [-0.2, -0.15) is 0 Å². The number of nitrogens with zero attached hydrogens (tertiary/aromatic N) is 1. The number of phenols is 1. The average Bonchev–Trinajstić information content (AvgIpc) is 2.59. The largest absolute Gasteiger partial charge is 0.508 e. The number of methoxy groups -OCH3 is 1. The first-order valence-corrected chi connectivity index (χ1v) is 9.08. The molecule has 0 aliphatic rings. The fourth-order valence-corrected chi connectivity index (χ4v) is 2.80. The van der Waals surface area contributed by atoms with E-state index in [1.807, 2.05) is 6.92 Å². The van der Waals surface area contributed by atoms with Crippen LogP contribution in [0.3, 0.4) is 0 Å². The molecule has 4 N–H and O–H groups in total. The summed E-state index contributed by atoms with van der Waals surface area (Å²) in [5.74, 6) is 1.49. The maximum absolute atomic E-state index is 10.7. The number of ether oxygens (including phenoxy) is 1. The number of phenolic OH excluding ortho intramolecular Hbond substituents is 1. The molecule has 0 radical (unpaired) electrons. The standard InChI is InChI=1S/C19H33N3O3/c1-5-10-19(24,11-6-2)14-22-18(20-7-3)21-13-15-12-16(25-4)8-9-17(15)23/h8-9,12,23-24H,5-7,10-11,13-14H2,1-4H3,(H2,20,21,22). The van der Waals surface area contributed by atoms with Crippen LogP contribution in [-0.4, -0.2) is 42.0 Å². The number of hydrogen-bond donors (Lipinski definition) is 4. The van der Waals surface area contributed by atoms with Gasteiger partial charge in [-0.25, -0.2) is 4.99 Å². The van der Waals surface area contributed by atoms with E-state index in [1.54, 1.807) is 25.3 Å². The second kappa shape index (κ2) is 10.8. The van der Waals surface area contributed by atoms with Crippen LogP contribution in [0.4, 0.5) is 0 Å². The van der Waals surface area contributed by atoms with Gasteiger partial charge < -0.3 is 25.6 Å². The number of aliphatic imine (C=N–C) groups is 1. The molecular weight excluding hydrogens is 318 g/mol. The lowest BCUT2D eigenvalue weighted by molar-refractivity contribution is 0.0257. The molecule has 1 aromatic carbocycles. The van der Waals surface area contributed by atoms with Crippen LogP contribution < -0.4 is 15.4 Å². The summed E-state index contributed by atoms with van der Waals surface area (Å²) in [4.78, 5) is 4.51. The quantitative estimate of drug-likeness (QED) is 0.385. The van der Waals surface area contributed by atoms with E-state index < -0.39 is 5.60 Å². The van der Waals surface area contributed by atoms with Crippen LogP contribution in [0.2, 0.25) is 0 Å². The van der Waals surface area contributed by atoms with Crippen molar-refractivity contribution in [1.29, 1.82) is 0 Å². The topological polar surface area (TPSA) is 86.1 Å². The molecule has 0 bridgehead atoms. The van der Waals surface area contributed by atoms with Crippen LogP contribution in [0.1, 0.15) is 52.0 Å². The van der Waals surface area contributed by atoms with Crippen molar-refractivity contribution >= 4 is 5.96 Å². The molecule has 0 atom stereocenters. The zero-order chi connectivity index (χ0) is 18.7. The zero-order valence-corrected chi connectivity index (χ0v) is 15.9. The molecule has 0 heterocycles. The first kappa shape index (κ1) is 21.1. The highest BCUT2D eigenvalue weighted by Gasteiger charge is 2.24. The minimum absolute atomic E-state index is 0.189. The molecule has 0 unspecified atom stereocenters. The van der Waals surface area contributed by atoms with Crippen LogP contribution in [0.15, 0.2) is 23.2 Å². The van der Waals surface area contributed by atoms with Gasteiger partial charge in [0.15, 0.2) is 5.96 Å². The first-order valence-electron chi connectivity index (χ1n) is 9.08. The Hall–Kier alpha value is -1.95. The van der Waals surface area contributed by atoms with Crippen LogP contribution in [-0.2, 0) is 6.54 Å². The summed E-state index contributed by atoms with van der Waals surface area (Å²) in [5, 5.41) is 27.1. The minimum atomic E-state index is -0.724. The van der Waals surface area contributed by atoms with Crippen molar-refractivity contribution in [3.05, 3.63) is 23.8 Å². The van der Waals surface area contributed by atoms with Gasteiger partial charge >= 0.3 is 0 Å². The van der Waals surface area contributed by atoms with Crippen molar-refractivity contribution < 1.29 is 14.9 Å². The summed E-state index contributed by atoms with van der Waals surface area (Å²) in [6.07, 6.45) is 3.38. The van der Waals surface area contributed by atoms with Gasteiger partial charge in [-0.15, -0.1) is 0 Å². The Morgan fingerprint density at radius 3 is 2.40 bits per heavy atom. The van der Waals surface area contributed by atoms with Gasteiger partial charge in [0.2, 0.25) is 0 Å². The van der Waals surface area contributed by atoms with Gasteiger partial charge in [-0.3, -0.25) is 0 Å². The third-order valence-electron chi connectivity index (χ3n) is 4.05. The van der Waals surface area contributed by atoms with E-state index in [2.05, 4.69) is 29.5 Å². The van der Waals surface area contributed by atoms with Crippen LogP contribution in [0, 0.1) is 0 Å². The number of aromatic hydroxyl groups is 1. The molecule has 0 aliphatic carbocycles. The summed E-state index contributed by atoms with van der Waals surface area (Å²) < 4.78 is 5.19. The molecule has 6 heteroatoms. The number of aliphatic hydroxyl groups is 1. The fraction of sp³-hybridized carbons (Fsp3) is 0.632. The number of nitrogens with one attached hydrogen (secondary N) is 2. The van der Waals surface area contributed by atoms with Crippen LogP contribution in [0.5, 0.6) is 11.5 Å². The summed E-state index contributed by atoms with van der Waals surface area (Å²) in [6, 6.07) is 5.08. The predicted octanol–water partition coefficient (Wildman–Crippen LogP) is 2.79. The first-order chi connectivity index (χ1) is 12.0. The molecule has 0 fully saturated rings. The monoisotopic (exact) mass is 351 g/mol. The van der Waals surface area contributed by atoms with Crippen molar-refractivity contribution in [2.75, 3.05) is 20.2 Å². The molecule has 1 rings (SSSR count). The second-order valence-corrected chi connectivity index (χ2v) is 6.27. The molecule has 6 nitrogen and oxygen atoms in total. The Morgan fingerprint density at radius 2 is 1.84 bits per heavy atom. The normalized spacial score (nSPS) is 12.1. The minimum Gasteiger partial charge on any atom is -0.508 e. The van der Waals surface area contributed by atoms with E-state index in [0.29, 0.717) is 30.4 Å². The van der Waals surface area contributed by atoms with Gasteiger partial charge in [0.05, 0.1) is 19.3 Å². The highest BCUT2D eigenvalue weighted by atomic mass is 16.5. The Morgan fingerprint density at radius 1 is 1.16 bits per heavy atom. The lowest BCUT2D eigenvalue weighted by atomic mass is 9.93. The Labute approximate surface area is 151 Å². The SMILES string of the molecule is CCCC(O)(CCC)CNC(=NCc1cc(OC)ccc1O)NCC. The van der Waals surface area contributed by atoms with E-state index in [9.17, 15) is 10.2 Å². The number of hydrogen-bond acceptors (Lipinski definition) is 4. The summed E-state index contributed by atoms with van der Waals surface area (Å²) in [5.41, 5.74) is -0.0356. The molecule has 0 aliphatic heterocycles. The summed E-state index contributed by atoms with van der Waals surface area (Å²) in [6.45, 7) is 7.63. The molecule has 1 aromatic rings. The zero-order valence-electron chi connectivity index (χ0n) is 15.9. The van der Waals surface area contributed by atoms with Gasteiger partial charge in [0.1, 0.15) is 11.5 Å². The molecular formula is C19H33N3O3. The highest BCUT2D eigenvalue weighted by molar-refractivity contribution is 5.79. The van der Waals surface area contributed by atoms with E-state index in [4.69, 9.17) is 4.74 Å². The van der Waals surface area contributed by atoms with Crippen molar-refractivity contribution in [3.8, 4) is 11.5 Å². The molecule has 0 amide bonds. The number of rotatable bonds is 10. The molecule has 0 spiro atoms. The third kappa shape index (κ3) is 7.22. The van der Waals surface area contributed by atoms with Crippen molar-refractivity contribution in [1.82, 2.24) is 10.6 Å². The van der Waals surface area contributed by atoms with E-state index in [-0.39, 0.29) is 5.75 Å². The molecule has 0 aromatic heterocycles. The van der Waals surface area contributed by atoms with Crippen LogP contribution >= 0.6 is 0 Å². The van der Waals surface area contributed by atoms with Crippen molar-refractivity contribution in [3.63, 3.8) is 0 Å². The van der Waals surface area contributed by atoms with Crippen LogP contribution in [0.25, 0.3) is 0 Å². The fourth-order valence-electron chi connectivity index (χ4n) is 2.80. The lowest BCUT2D eigenvalue weighted by Gasteiger charge is -2.28. The highest BCUT2D eigenvalue weighted by Crippen LogP contribution is 2.23. The second-order valence-electron chi connectivity index (χ2n) is 6.27. The average molecular weight is 351 g/mol. The summed E-state index contributed by atoms with van der Waals surface area (Å²) >= 11 is 0. The van der Waals surface area contributed by atoms with Crippen molar-refractivity contribution in [2.24, 2.45) is 4.99 Å². The predicted molar refractivity (Wildman–Crippen MR) is 102 cm³/mol. The Kier molecular flexibility index (Phi) is 9.13. The number of guanidine groups is 1.